The molecule has 10 heteroatoms. The second-order valence-electron chi connectivity index (χ2n) is 9.20. The van der Waals surface area contributed by atoms with E-state index in [1.807, 2.05) is 24.0 Å². The highest BCUT2D eigenvalue weighted by Crippen LogP contribution is 2.38. The van der Waals surface area contributed by atoms with Gasteiger partial charge >= 0.3 is 0 Å². The van der Waals surface area contributed by atoms with Crippen molar-refractivity contribution in [3.63, 3.8) is 0 Å². The number of hydrogen-bond acceptors (Lipinski definition) is 8. The number of rotatable bonds is 7. The maximum Gasteiger partial charge on any atom is 0.230 e. The fourth-order valence-electron chi connectivity index (χ4n) is 4.61. The predicted molar refractivity (Wildman–Crippen MR) is 127 cm³/mol. The van der Waals surface area contributed by atoms with Crippen LogP contribution in [-0.4, -0.2) is 70.8 Å². The largest absolute Gasteiger partial charge is 0.493 e. The van der Waals surface area contributed by atoms with Crippen LogP contribution in [0.3, 0.4) is 0 Å². The number of H-pyrrole nitrogens is 1. The number of amides is 1. The topological polar surface area (TPSA) is 112 Å². The molecule has 1 spiro atoms. The number of carbonyl (C=O) groups is 1. The number of aromatic nitrogens is 4. The minimum atomic E-state index is 0.0866. The van der Waals surface area contributed by atoms with Gasteiger partial charge in [0.2, 0.25) is 11.8 Å². The fraction of sp³-hybridized carbons (Fsp3) is 0.360. The number of benzene rings is 1. The van der Waals surface area contributed by atoms with E-state index in [4.69, 9.17) is 18.9 Å². The first kappa shape index (κ1) is 21.6. The Kier molecular flexibility index (Phi) is 5.18. The van der Waals surface area contributed by atoms with E-state index in [9.17, 15) is 4.79 Å². The number of nitrogens with one attached hydrogen (secondary N) is 1. The molecule has 0 atom stereocenters. The number of fused-ring (bicyclic) bond motifs is 2. The fourth-order valence-corrected chi connectivity index (χ4v) is 4.61. The number of pyridine rings is 1. The van der Waals surface area contributed by atoms with Gasteiger partial charge in [-0.05, 0) is 25.1 Å². The molecule has 0 saturated carbocycles. The van der Waals surface area contributed by atoms with E-state index in [0.717, 1.165) is 43.0 Å². The molecule has 2 aliphatic heterocycles. The molecule has 3 aromatic heterocycles. The van der Waals surface area contributed by atoms with Gasteiger partial charge in [-0.2, -0.15) is 0 Å². The first-order valence-electron chi connectivity index (χ1n) is 11.5. The van der Waals surface area contributed by atoms with Crippen LogP contribution in [0.5, 0.6) is 23.1 Å². The quantitative estimate of drug-likeness (QED) is 0.434. The minimum absolute atomic E-state index is 0.0866. The molecule has 0 bridgehead atoms. The van der Waals surface area contributed by atoms with E-state index in [-0.39, 0.29) is 17.9 Å². The lowest BCUT2D eigenvalue weighted by molar-refractivity contribution is -0.195. The summed E-state index contributed by atoms with van der Waals surface area (Å²) in [6, 6.07) is 7.47. The maximum atomic E-state index is 12.4. The summed E-state index contributed by atoms with van der Waals surface area (Å²) < 4.78 is 22.8. The molecule has 0 unspecified atom stereocenters. The summed E-state index contributed by atoms with van der Waals surface area (Å²) >= 11 is 0. The van der Waals surface area contributed by atoms with Crippen molar-refractivity contribution in [2.45, 2.75) is 13.3 Å². The van der Waals surface area contributed by atoms with Crippen LogP contribution in [0.2, 0.25) is 0 Å². The lowest BCUT2D eigenvalue weighted by atomic mass is 9.78. The molecule has 5 heterocycles. The zero-order valence-electron chi connectivity index (χ0n) is 19.5. The van der Waals surface area contributed by atoms with E-state index in [2.05, 4.69) is 19.9 Å². The van der Waals surface area contributed by atoms with Crippen molar-refractivity contribution < 1.29 is 23.7 Å². The van der Waals surface area contributed by atoms with Crippen LogP contribution in [-0.2, 0) is 9.53 Å². The second kappa shape index (κ2) is 8.38. The van der Waals surface area contributed by atoms with Crippen molar-refractivity contribution in [1.82, 2.24) is 24.8 Å². The summed E-state index contributed by atoms with van der Waals surface area (Å²) in [5.41, 5.74) is 2.67. The molecule has 6 rings (SSSR count). The highest BCUT2D eigenvalue weighted by Gasteiger charge is 2.50. The third-order valence-corrected chi connectivity index (χ3v) is 6.47. The third kappa shape index (κ3) is 3.99. The highest BCUT2D eigenvalue weighted by molar-refractivity contribution is 5.87. The van der Waals surface area contributed by atoms with Gasteiger partial charge in [-0.1, -0.05) is 0 Å². The Morgan fingerprint density at radius 2 is 2.00 bits per heavy atom. The van der Waals surface area contributed by atoms with Gasteiger partial charge in [0.05, 0.1) is 55.9 Å². The van der Waals surface area contributed by atoms with E-state index in [0.29, 0.717) is 40.5 Å². The molecule has 35 heavy (non-hydrogen) atoms. The van der Waals surface area contributed by atoms with Crippen LogP contribution in [0.4, 0.5) is 0 Å². The Hall–Kier alpha value is -3.92. The van der Waals surface area contributed by atoms with Crippen LogP contribution < -0.4 is 14.2 Å². The summed E-state index contributed by atoms with van der Waals surface area (Å²) in [4.78, 5) is 30.6. The number of ether oxygens (including phenoxy) is 4. The Balaban J connectivity index is 1.17. The Morgan fingerprint density at radius 3 is 2.77 bits per heavy atom. The number of nitrogens with zero attached hydrogens (tertiary/aromatic N) is 4. The zero-order valence-corrected chi connectivity index (χ0v) is 19.5. The number of aromatic amines is 1. The monoisotopic (exact) mass is 475 g/mol. The lowest BCUT2D eigenvalue weighted by Crippen LogP contribution is -2.67. The predicted octanol–water partition coefficient (Wildman–Crippen LogP) is 3.24. The molecule has 1 aromatic carbocycles. The van der Waals surface area contributed by atoms with E-state index < -0.39 is 0 Å². The van der Waals surface area contributed by atoms with E-state index >= 15 is 0 Å². The van der Waals surface area contributed by atoms with Crippen LogP contribution in [0.25, 0.3) is 21.9 Å². The minimum Gasteiger partial charge on any atom is -0.493 e. The number of aryl methyl sites for hydroxylation is 1. The second-order valence-corrected chi connectivity index (χ2v) is 9.20. The number of likely N-dealkylation sites (tertiary alicyclic amines) is 1. The van der Waals surface area contributed by atoms with Gasteiger partial charge in [-0.15, -0.1) is 0 Å². The van der Waals surface area contributed by atoms with E-state index in [1.54, 1.807) is 25.4 Å². The van der Waals surface area contributed by atoms with Gasteiger partial charge in [-0.25, -0.2) is 15.0 Å². The first-order chi connectivity index (χ1) is 17.0. The van der Waals surface area contributed by atoms with Crippen molar-refractivity contribution >= 4 is 27.8 Å². The van der Waals surface area contributed by atoms with Gasteiger partial charge in [0.1, 0.15) is 17.7 Å². The van der Waals surface area contributed by atoms with Gasteiger partial charge in [-0.3, -0.25) is 4.79 Å². The summed E-state index contributed by atoms with van der Waals surface area (Å²) in [7, 11) is 1.57. The standard InChI is InChI=1S/C25H25N5O5/c1-15-5-16-6-17(9-26-23(16)29-15)35-24-18-7-20(32-2)21(8-19(18)27-14-28-24)34-4-3-22(31)30-10-25(11-30)12-33-13-25/h5-9,14H,3-4,10-13H2,1-2H3,(H,26,29). The molecule has 0 aliphatic carbocycles. The molecule has 2 saturated heterocycles. The lowest BCUT2D eigenvalue weighted by Gasteiger charge is -2.55. The van der Waals surface area contributed by atoms with Crippen LogP contribution >= 0.6 is 0 Å². The van der Waals surface area contributed by atoms with Crippen molar-refractivity contribution in [2.24, 2.45) is 5.41 Å². The normalized spacial score (nSPS) is 16.2. The maximum absolute atomic E-state index is 12.4. The summed E-state index contributed by atoms with van der Waals surface area (Å²) in [6.07, 6.45) is 3.38. The Bertz CT molecular complexity index is 1420. The summed E-state index contributed by atoms with van der Waals surface area (Å²) in [6.45, 7) is 5.29. The van der Waals surface area contributed by atoms with Crippen LogP contribution in [0, 0.1) is 12.3 Å². The number of methoxy groups -OCH3 is 1. The molecular weight excluding hydrogens is 450 g/mol. The zero-order chi connectivity index (χ0) is 24.0. The average molecular weight is 476 g/mol. The molecule has 180 valence electrons. The highest BCUT2D eigenvalue weighted by atomic mass is 16.5. The van der Waals surface area contributed by atoms with Crippen LogP contribution in [0.1, 0.15) is 12.1 Å². The summed E-state index contributed by atoms with van der Waals surface area (Å²) in [5, 5.41) is 1.63. The smallest absolute Gasteiger partial charge is 0.230 e. The van der Waals surface area contributed by atoms with Crippen molar-refractivity contribution in [3.05, 3.63) is 42.5 Å². The average Bonchev–Trinajstić information content (AvgIpc) is 3.16. The SMILES string of the molecule is COc1cc2c(Oc3cnc4[nH]c(C)cc4c3)ncnc2cc1OCCC(=O)N1CC2(COC2)C1. The molecule has 2 fully saturated rings. The molecule has 10 nitrogen and oxygen atoms in total. The molecule has 1 N–H and O–H groups in total. The van der Waals surface area contributed by atoms with Gasteiger partial charge in [0, 0.05) is 30.2 Å². The molecule has 0 radical (unpaired) electrons. The number of hydrogen-bond donors (Lipinski definition) is 1. The van der Waals surface area contributed by atoms with Crippen molar-refractivity contribution in [3.8, 4) is 23.1 Å². The Labute approximate surface area is 201 Å². The van der Waals surface area contributed by atoms with E-state index in [1.165, 1.54) is 6.33 Å². The van der Waals surface area contributed by atoms with Crippen molar-refractivity contribution in [2.75, 3.05) is 40.0 Å². The van der Waals surface area contributed by atoms with Crippen LogP contribution in [0.15, 0.2) is 36.8 Å². The van der Waals surface area contributed by atoms with Gasteiger partial charge in [0.15, 0.2) is 11.5 Å². The van der Waals surface area contributed by atoms with Gasteiger partial charge in [0.25, 0.3) is 0 Å². The first-order valence-corrected chi connectivity index (χ1v) is 11.5. The molecule has 4 aromatic rings. The molecule has 2 aliphatic rings. The molecule has 1 amide bonds. The Morgan fingerprint density at radius 1 is 1.14 bits per heavy atom. The molecular formula is C25H25N5O5. The number of carbonyl (C=O) groups excluding carboxylic acids is 1. The van der Waals surface area contributed by atoms with Crippen molar-refractivity contribution in [1.29, 1.82) is 0 Å². The third-order valence-electron chi connectivity index (χ3n) is 6.47. The van der Waals surface area contributed by atoms with Gasteiger partial charge < -0.3 is 28.8 Å². The summed E-state index contributed by atoms with van der Waals surface area (Å²) in [5.74, 6) is 2.05.